The van der Waals surface area contributed by atoms with Gasteiger partial charge in [0, 0.05) is 46.2 Å². The Labute approximate surface area is 237 Å². The van der Waals surface area contributed by atoms with Gasteiger partial charge in [-0.15, -0.1) is 0 Å². The lowest BCUT2D eigenvalue weighted by molar-refractivity contribution is 0.484. The quantitative estimate of drug-likeness (QED) is 0.213. The number of aromatic nitrogens is 4. The van der Waals surface area contributed by atoms with E-state index in [9.17, 15) is 0 Å². The molecule has 0 N–H and O–H groups in total. The first kappa shape index (κ1) is 23.7. The lowest BCUT2D eigenvalue weighted by Crippen LogP contribution is -2.11. The van der Waals surface area contributed by atoms with Crippen molar-refractivity contribution in [2.24, 2.45) is 0 Å². The summed E-state index contributed by atoms with van der Waals surface area (Å²) in [4.78, 5) is 9.39. The predicted octanol–water partition coefficient (Wildman–Crippen LogP) is 9.22. The number of hydrogen-bond acceptors (Lipinski definition) is 3. The molecule has 0 fully saturated rings. The molecular formula is C36H28N4O. The van der Waals surface area contributed by atoms with E-state index < -0.39 is 0 Å². The Morgan fingerprint density at radius 3 is 2.15 bits per heavy atom. The maximum absolute atomic E-state index is 6.51. The maximum Gasteiger partial charge on any atom is 0.145 e. The van der Waals surface area contributed by atoms with Crippen LogP contribution >= 0.6 is 0 Å². The third kappa shape index (κ3) is 3.70. The van der Waals surface area contributed by atoms with Crippen LogP contribution in [0.3, 0.4) is 0 Å². The molecule has 5 heteroatoms. The van der Waals surface area contributed by atoms with E-state index in [2.05, 4.69) is 108 Å². The average Bonchev–Trinajstić information content (AvgIpc) is 3.60. The monoisotopic (exact) mass is 532 g/mol. The van der Waals surface area contributed by atoms with Gasteiger partial charge in [-0.2, -0.15) is 0 Å². The van der Waals surface area contributed by atoms with Crippen LogP contribution in [0.15, 0.2) is 116 Å². The van der Waals surface area contributed by atoms with Crippen LogP contribution in [0.4, 0.5) is 0 Å². The van der Waals surface area contributed by atoms with Crippen LogP contribution in [-0.4, -0.2) is 18.9 Å². The van der Waals surface area contributed by atoms with Crippen molar-refractivity contribution in [3.05, 3.63) is 121 Å². The van der Waals surface area contributed by atoms with Crippen molar-refractivity contribution in [3.63, 3.8) is 0 Å². The molecule has 198 valence electrons. The standard InChI is InChI=1S/C36H28N4O/c1-36(2,3)23-11-14-28-26-15-12-24(21-30(26)35-38-18-19-39(35)32(28)20-23)41-25-13-16-29-27-8-4-5-9-31(27)40(33(29)22-25)34-10-6-7-17-37-34/h4-22H,1-3H3. The molecule has 4 heterocycles. The van der Waals surface area contributed by atoms with Crippen molar-refractivity contribution in [1.29, 1.82) is 0 Å². The number of nitrogens with zero attached hydrogens (tertiary/aromatic N) is 4. The van der Waals surface area contributed by atoms with E-state index >= 15 is 0 Å². The van der Waals surface area contributed by atoms with Crippen molar-refractivity contribution in [2.45, 2.75) is 26.2 Å². The second-order valence-electron chi connectivity index (χ2n) is 11.6. The van der Waals surface area contributed by atoms with Gasteiger partial charge in [0.25, 0.3) is 0 Å². The molecule has 0 aliphatic heterocycles. The van der Waals surface area contributed by atoms with Crippen LogP contribution in [0.25, 0.3) is 54.9 Å². The molecule has 41 heavy (non-hydrogen) atoms. The molecule has 0 aliphatic carbocycles. The minimum Gasteiger partial charge on any atom is -0.457 e. The molecule has 0 amide bonds. The Kier molecular flexibility index (Phi) is 5.01. The van der Waals surface area contributed by atoms with Gasteiger partial charge in [0.2, 0.25) is 0 Å². The summed E-state index contributed by atoms with van der Waals surface area (Å²) in [5.74, 6) is 2.42. The van der Waals surface area contributed by atoms with Crippen LogP contribution in [-0.2, 0) is 5.41 Å². The molecule has 8 rings (SSSR count). The molecule has 8 aromatic rings. The SMILES string of the molecule is CC(C)(C)c1ccc2c3ccc(Oc4ccc5c6ccccc6n(-c6ccccn6)c5c4)cc3c3nccn3c2c1. The summed E-state index contributed by atoms with van der Waals surface area (Å²) in [7, 11) is 0. The van der Waals surface area contributed by atoms with Gasteiger partial charge in [-0.25, -0.2) is 9.97 Å². The van der Waals surface area contributed by atoms with Crippen LogP contribution < -0.4 is 4.74 Å². The molecule has 0 radical (unpaired) electrons. The van der Waals surface area contributed by atoms with E-state index in [0.717, 1.165) is 50.2 Å². The zero-order valence-electron chi connectivity index (χ0n) is 23.2. The average molecular weight is 533 g/mol. The summed E-state index contributed by atoms with van der Waals surface area (Å²) in [6.45, 7) is 6.74. The molecular weight excluding hydrogens is 504 g/mol. The molecule has 0 unspecified atom stereocenters. The minimum absolute atomic E-state index is 0.0666. The highest BCUT2D eigenvalue weighted by molar-refractivity contribution is 6.12. The third-order valence-corrected chi connectivity index (χ3v) is 8.05. The second-order valence-corrected chi connectivity index (χ2v) is 11.6. The van der Waals surface area contributed by atoms with Gasteiger partial charge in [0.05, 0.1) is 16.6 Å². The Morgan fingerprint density at radius 2 is 1.32 bits per heavy atom. The summed E-state index contributed by atoms with van der Waals surface area (Å²) in [6.07, 6.45) is 5.74. The van der Waals surface area contributed by atoms with Crippen LogP contribution in [0.2, 0.25) is 0 Å². The number of pyridine rings is 2. The fourth-order valence-corrected chi connectivity index (χ4v) is 6.01. The minimum atomic E-state index is 0.0666. The van der Waals surface area contributed by atoms with E-state index in [1.165, 1.54) is 21.9 Å². The Hall–Kier alpha value is -5.16. The van der Waals surface area contributed by atoms with Gasteiger partial charge in [-0.05, 0) is 71.0 Å². The highest BCUT2D eigenvalue weighted by Crippen LogP contribution is 2.37. The van der Waals surface area contributed by atoms with Crippen molar-refractivity contribution in [3.8, 4) is 17.3 Å². The van der Waals surface area contributed by atoms with Crippen LogP contribution in [0.1, 0.15) is 26.3 Å². The highest BCUT2D eigenvalue weighted by Gasteiger charge is 2.18. The molecule has 4 aromatic heterocycles. The first-order valence-electron chi connectivity index (χ1n) is 13.9. The lowest BCUT2D eigenvalue weighted by atomic mass is 9.86. The molecule has 0 saturated carbocycles. The van der Waals surface area contributed by atoms with Gasteiger partial charge in [-0.1, -0.05) is 57.2 Å². The number of rotatable bonds is 3. The molecule has 4 aromatic carbocycles. The molecule has 0 atom stereocenters. The maximum atomic E-state index is 6.51. The normalized spacial score (nSPS) is 12.3. The first-order valence-corrected chi connectivity index (χ1v) is 13.9. The number of para-hydroxylation sites is 1. The third-order valence-electron chi connectivity index (χ3n) is 8.05. The van der Waals surface area contributed by atoms with E-state index in [1.54, 1.807) is 0 Å². The van der Waals surface area contributed by atoms with E-state index in [0.29, 0.717) is 0 Å². The summed E-state index contributed by atoms with van der Waals surface area (Å²) in [6, 6.07) is 33.8. The predicted molar refractivity (Wildman–Crippen MR) is 168 cm³/mol. The van der Waals surface area contributed by atoms with Crippen molar-refractivity contribution < 1.29 is 4.74 Å². The second kappa shape index (κ2) is 8.67. The van der Waals surface area contributed by atoms with Gasteiger partial charge in [0.1, 0.15) is 23.0 Å². The van der Waals surface area contributed by atoms with E-state index in [-0.39, 0.29) is 5.41 Å². The smallest absolute Gasteiger partial charge is 0.145 e. The van der Waals surface area contributed by atoms with Gasteiger partial charge in [-0.3, -0.25) is 8.97 Å². The number of hydrogen-bond donors (Lipinski definition) is 0. The zero-order chi connectivity index (χ0) is 27.7. The van der Waals surface area contributed by atoms with Crippen LogP contribution in [0, 0.1) is 0 Å². The molecule has 0 saturated heterocycles. The largest absolute Gasteiger partial charge is 0.457 e. The van der Waals surface area contributed by atoms with Gasteiger partial charge >= 0.3 is 0 Å². The van der Waals surface area contributed by atoms with Crippen LogP contribution in [0.5, 0.6) is 11.5 Å². The topological polar surface area (TPSA) is 44.3 Å². The zero-order valence-corrected chi connectivity index (χ0v) is 23.2. The molecule has 5 nitrogen and oxygen atoms in total. The Morgan fingerprint density at radius 1 is 0.585 bits per heavy atom. The number of fused-ring (bicyclic) bond motifs is 9. The fraction of sp³-hybridized carbons (Fsp3) is 0.111. The summed E-state index contributed by atoms with van der Waals surface area (Å²) < 4.78 is 10.9. The van der Waals surface area contributed by atoms with Crippen molar-refractivity contribution >= 4 is 49.1 Å². The van der Waals surface area contributed by atoms with E-state index in [4.69, 9.17) is 9.72 Å². The Bertz CT molecular complexity index is 2270. The van der Waals surface area contributed by atoms with E-state index in [1.807, 2.05) is 42.9 Å². The first-order chi connectivity index (χ1) is 20.0. The van der Waals surface area contributed by atoms with Gasteiger partial charge in [0.15, 0.2) is 0 Å². The lowest BCUT2D eigenvalue weighted by Gasteiger charge is -2.20. The number of benzene rings is 4. The highest BCUT2D eigenvalue weighted by atomic mass is 16.5. The number of imidazole rings is 1. The van der Waals surface area contributed by atoms with Crippen molar-refractivity contribution in [1.82, 2.24) is 18.9 Å². The summed E-state index contributed by atoms with van der Waals surface area (Å²) in [5, 5.41) is 5.78. The molecule has 0 spiro atoms. The molecule has 0 aliphatic rings. The van der Waals surface area contributed by atoms with Gasteiger partial charge < -0.3 is 4.74 Å². The Balaban J connectivity index is 1.27. The number of ether oxygens (including phenoxy) is 1. The summed E-state index contributed by atoms with van der Waals surface area (Å²) >= 11 is 0. The fourth-order valence-electron chi connectivity index (χ4n) is 6.01. The summed E-state index contributed by atoms with van der Waals surface area (Å²) in [5.41, 5.74) is 5.63. The van der Waals surface area contributed by atoms with Crippen molar-refractivity contribution in [2.75, 3.05) is 0 Å². The molecule has 0 bridgehead atoms.